The van der Waals surface area contributed by atoms with Crippen molar-refractivity contribution in [2.75, 3.05) is 6.61 Å². The normalized spacial score (nSPS) is 42.2. The lowest BCUT2D eigenvalue weighted by Gasteiger charge is -2.68. The Labute approximate surface area is 206 Å². The van der Waals surface area contributed by atoms with Crippen molar-refractivity contribution in [2.24, 2.45) is 28.1 Å². The fourth-order valence-electron chi connectivity index (χ4n) is 8.40. The van der Waals surface area contributed by atoms with Gasteiger partial charge in [0.15, 0.2) is 0 Å². The van der Waals surface area contributed by atoms with Crippen molar-refractivity contribution in [3.05, 3.63) is 53.6 Å². The molecule has 7 atom stereocenters. The molecule has 0 unspecified atom stereocenters. The van der Waals surface area contributed by atoms with Crippen molar-refractivity contribution < 1.29 is 29.6 Å². The van der Waals surface area contributed by atoms with Gasteiger partial charge in [-0.2, -0.15) is 0 Å². The summed E-state index contributed by atoms with van der Waals surface area (Å²) in [5.74, 6) is -1.56. The number of ether oxygens (including phenoxy) is 1. The molecule has 1 spiro atoms. The van der Waals surface area contributed by atoms with E-state index in [-0.39, 0.29) is 12.5 Å². The number of fused-ring (bicyclic) bond motifs is 3. The van der Waals surface area contributed by atoms with Gasteiger partial charge >= 0.3 is 11.9 Å². The number of benzene rings is 1. The van der Waals surface area contributed by atoms with E-state index >= 15 is 0 Å². The molecule has 1 aromatic rings. The molecule has 4 aliphatic carbocycles. The Balaban J connectivity index is 1.44. The second-order valence-electron chi connectivity index (χ2n) is 11.6. The van der Waals surface area contributed by atoms with Gasteiger partial charge in [0, 0.05) is 16.9 Å². The van der Waals surface area contributed by atoms with Crippen molar-refractivity contribution in [3.63, 3.8) is 0 Å². The summed E-state index contributed by atoms with van der Waals surface area (Å²) in [5, 5.41) is 32.8. The van der Waals surface area contributed by atoms with E-state index in [9.17, 15) is 24.9 Å². The van der Waals surface area contributed by atoms with Crippen LogP contribution in [0.4, 0.5) is 0 Å². The van der Waals surface area contributed by atoms with Crippen LogP contribution in [0.1, 0.15) is 64.4 Å². The topological polar surface area (TPSA) is 104 Å². The fourth-order valence-corrected chi connectivity index (χ4v) is 8.40. The van der Waals surface area contributed by atoms with Crippen LogP contribution in [-0.2, 0) is 14.3 Å². The van der Waals surface area contributed by atoms with Crippen LogP contribution in [0.3, 0.4) is 0 Å². The minimum atomic E-state index is -1.31. The van der Waals surface area contributed by atoms with E-state index in [1.54, 1.807) is 13.0 Å². The summed E-state index contributed by atoms with van der Waals surface area (Å²) in [4.78, 5) is 25.5. The molecule has 4 aliphatic rings. The van der Waals surface area contributed by atoms with E-state index in [0.717, 1.165) is 24.0 Å². The van der Waals surface area contributed by atoms with Crippen molar-refractivity contribution in [1.29, 1.82) is 0 Å². The highest BCUT2D eigenvalue weighted by atomic mass is 16.5. The molecule has 35 heavy (non-hydrogen) atoms. The molecule has 3 N–H and O–H groups in total. The molecule has 3 fully saturated rings. The Morgan fingerprint density at radius 2 is 1.83 bits per heavy atom. The van der Waals surface area contributed by atoms with Gasteiger partial charge in [0.25, 0.3) is 0 Å². The SMILES string of the molecule is C[C@]1(C(=O)O)[C@H]2CC[C@]34C=C(CO)[C@H](CC[C@@]3(O)[C@]2(C)CC[C@H]1OC(=O)C=Cc1ccccc1)C4. The van der Waals surface area contributed by atoms with E-state index in [0.29, 0.717) is 38.0 Å². The number of carbonyl (C=O) groups is 2. The zero-order chi connectivity index (χ0) is 25.1. The second kappa shape index (κ2) is 8.31. The van der Waals surface area contributed by atoms with Gasteiger partial charge in [0.05, 0.1) is 12.2 Å². The molecule has 2 bridgehead atoms. The van der Waals surface area contributed by atoms with E-state index < -0.39 is 39.9 Å². The first-order valence-electron chi connectivity index (χ1n) is 12.8. The van der Waals surface area contributed by atoms with Crippen LogP contribution in [0, 0.1) is 28.1 Å². The van der Waals surface area contributed by atoms with Gasteiger partial charge in [-0.1, -0.05) is 43.3 Å². The van der Waals surface area contributed by atoms with Crippen LogP contribution in [0.25, 0.3) is 6.08 Å². The standard InChI is InChI=1S/C29H36O6/c1-26-13-12-23(35-24(31)9-8-19-6-4-3-5-7-19)27(2,25(32)33)22(26)11-14-28-16-20(21(17-28)18-30)10-15-29(26,28)34/h3-9,17,20,22-23,30,34H,10-16,18H2,1-2H3,(H,32,33)/t20-,22+,23-,26-,27+,28+,29-/m1/s1. The predicted molar refractivity (Wildman–Crippen MR) is 131 cm³/mol. The molecule has 0 saturated heterocycles. The van der Waals surface area contributed by atoms with E-state index in [1.165, 1.54) is 6.08 Å². The Hall–Kier alpha value is -2.44. The highest BCUT2D eigenvalue weighted by molar-refractivity contribution is 5.87. The lowest BCUT2D eigenvalue weighted by atomic mass is 9.38. The first-order valence-corrected chi connectivity index (χ1v) is 12.8. The molecule has 188 valence electrons. The lowest BCUT2D eigenvalue weighted by molar-refractivity contribution is -0.268. The maximum absolute atomic E-state index is 12.8. The Kier molecular flexibility index (Phi) is 5.76. The zero-order valence-corrected chi connectivity index (χ0v) is 20.6. The molecular weight excluding hydrogens is 444 g/mol. The van der Waals surface area contributed by atoms with Crippen molar-refractivity contribution >= 4 is 18.0 Å². The van der Waals surface area contributed by atoms with Crippen molar-refractivity contribution in [1.82, 2.24) is 0 Å². The van der Waals surface area contributed by atoms with Gasteiger partial charge in [-0.25, -0.2) is 4.79 Å². The third-order valence-electron chi connectivity index (χ3n) is 10.3. The summed E-state index contributed by atoms with van der Waals surface area (Å²) in [6, 6.07) is 9.42. The first kappa shape index (κ1) is 24.3. The maximum Gasteiger partial charge on any atom is 0.331 e. The average molecular weight is 481 g/mol. The molecule has 1 aromatic carbocycles. The molecular formula is C29H36O6. The van der Waals surface area contributed by atoms with Gasteiger partial charge in [0.2, 0.25) is 0 Å². The van der Waals surface area contributed by atoms with Gasteiger partial charge < -0.3 is 20.1 Å². The van der Waals surface area contributed by atoms with Crippen LogP contribution in [0.2, 0.25) is 0 Å². The number of esters is 1. The van der Waals surface area contributed by atoms with Crippen LogP contribution >= 0.6 is 0 Å². The number of aliphatic hydroxyl groups is 2. The smallest absolute Gasteiger partial charge is 0.331 e. The molecule has 0 amide bonds. The zero-order valence-electron chi connectivity index (χ0n) is 20.6. The molecule has 3 saturated carbocycles. The number of aliphatic carboxylic acids is 1. The molecule has 6 nitrogen and oxygen atoms in total. The van der Waals surface area contributed by atoms with Gasteiger partial charge in [-0.15, -0.1) is 0 Å². The Morgan fingerprint density at radius 1 is 1.09 bits per heavy atom. The maximum atomic E-state index is 12.8. The molecule has 0 aliphatic heterocycles. The number of carbonyl (C=O) groups excluding carboxylic acids is 1. The Morgan fingerprint density at radius 3 is 2.51 bits per heavy atom. The van der Waals surface area contributed by atoms with Crippen LogP contribution in [0.5, 0.6) is 0 Å². The monoisotopic (exact) mass is 480 g/mol. The average Bonchev–Trinajstić information content (AvgIpc) is 3.16. The summed E-state index contributed by atoms with van der Waals surface area (Å²) < 4.78 is 5.81. The highest BCUT2D eigenvalue weighted by Crippen LogP contribution is 2.72. The lowest BCUT2D eigenvalue weighted by Crippen LogP contribution is -2.71. The minimum Gasteiger partial charge on any atom is -0.481 e. The summed E-state index contributed by atoms with van der Waals surface area (Å²) in [6.45, 7) is 3.77. The van der Waals surface area contributed by atoms with E-state index in [4.69, 9.17) is 4.74 Å². The van der Waals surface area contributed by atoms with E-state index in [1.807, 2.05) is 30.3 Å². The summed E-state index contributed by atoms with van der Waals surface area (Å²) in [6.07, 6.45) is 8.92. The van der Waals surface area contributed by atoms with E-state index in [2.05, 4.69) is 13.0 Å². The number of carboxylic acid groups (broad SMARTS) is 1. The number of aliphatic hydroxyl groups excluding tert-OH is 1. The largest absolute Gasteiger partial charge is 0.481 e. The predicted octanol–water partition coefficient (Wildman–Crippen LogP) is 4.36. The van der Waals surface area contributed by atoms with Crippen LogP contribution in [-0.4, -0.2) is 45.6 Å². The number of hydrogen-bond donors (Lipinski definition) is 3. The van der Waals surface area contributed by atoms with Crippen LogP contribution in [0.15, 0.2) is 48.1 Å². The second-order valence-corrected chi connectivity index (χ2v) is 11.6. The van der Waals surface area contributed by atoms with Gasteiger partial charge in [-0.3, -0.25) is 4.79 Å². The highest BCUT2D eigenvalue weighted by Gasteiger charge is 2.73. The minimum absolute atomic E-state index is 0.0179. The molecule has 5 rings (SSSR count). The van der Waals surface area contributed by atoms with Gasteiger partial charge in [0.1, 0.15) is 11.5 Å². The third kappa shape index (κ3) is 3.36. The van der Waals surface area contributed by atoms with Crippen molar-refractivity contribution in [2.45, 2.75) is 70.5 Å². The molecule has 0 aromatic heterocycles. The summed E-state index contributed by atoms with van der Waals surface area (Å²) >= 11 is 0. The third-order valence-corrected chi connectivity index (χ3v) is 10.3. The molecule has 0 radical (unpaired) electrons. The molecule has 6 heteroatoms. The number of carboxylic acids is 1. The summed E-state index contributed by atoms with van der Waals surface area (Å²) in [5.41, 5.74) is -1.51. The van der Waals surface area contributed by atoms with Crippen LogP contribution < -0.4 is 0 Å². The molecule has 0 heterocycles. The quantitative estimate of drug-likeness (QED) is 0.329. The van der Waals surface area contributed by atoms with Crippen molar-refractivity contribution in [3.8, 4) is 0 Å². The van der Waals surface area contributed by atoms with Gasteiger partial charge in [-0.05, 0) is 80.9 Å². The number of rotatable bonds is 5. The number of hydrogen-bond acceptors (Lipinski definition) is 5. The first-order chi connectivity index (χ1) is 16.6. The fraction of sp³-hybridized carbons (Fsp3) is 0.586. The summed E-state index contributed by atoms with van der Waals surface area (Å²) in [7, 11) is 0. The Bertz CT molecular complexity index is 1080.